The molecule has 1 rings (SSSR count). The number of aliphatic hydroxyl groups is 1. The Morgan fingerprint density at radius 1 is 1.00 bits per heavy atom. The molecule has 1 heterocycles. The lowest BCUT2D eigenvalue weighted by Crippen LogP contribution is -2.27. The topological polar surface area (TPSA) is 36.0 Å². The van der Waals surface area contributed by atoms with Gasteiger partial charge in [-0.15, -0.1) is 11.6 Å². The fourth-order valence-corrected chi connectivity index (χ4v) is 0.0962. The number of aliphatic hydroxyl groups excluding tert-OH is 1. The van der Waals surface area contributed by atoms with Crippen LogP contribution in [0.25, 0.3) is 0 Å². The fourth-order valence-electron chi connectivity index (χ4n) is 0.0962. The summed E-state index contributed by atoms with van der Waals surface area (Å²) in [7, 11) is 23.0. The molecule has 1 saturated heterocycles. The summed E-state index contributed by atoms with van der Waals surface area (Å²) in [6, 6.07) is 0. The molecule has 2 atom stereocenters. The lowest BCUT2D eigenvalue weighted by molar-refractivity contribution is -0.849. The van der Waals surface area contributed by atoms with E-state index in [-0.39, 0.29) is 6.10 Å². The minimum Gasteiger partial charge on any atom is -0.392 e. The Morgan fingerprint density at radius 3 is 1.09 bits per heavy atom. The molecule has 0 radical (unpaired) electrons. The fraction of sp³-hybridized carbons (Fsp3) is 1.00. The van der Waals surface area contributed by atoms with Crippen molar-refractivity contribution >= 4 is 11.6 Å². The van der Waals surface area contributed by atoms with Crippen molar-refractivity contribution in [2.24, 2.45) is 0 Å². The molecule has 1 aliphatic heterocycles. The molecule has 0 aromatic heterocycles. The lowest BCUT2D eigenvalue weighted by Gasteiger charge is -2.14. The molecule has 0 amide bonds. The molecule has 5 nitrogen and oxygen atoms in total. The van der Waals surface area contributed by atoms with Gasteiger partial charge in [0.1, 0.15) is 0 Å². The smallest absolute Gasteiger partial charge is 0.0781 e. The standard InChI is InChI=1S/2C4H12N.C3H7ClO.C3H9N.C3H6O/c2*1-5(2,3)4;1-3(5)2-4;1-4(2)3;1-3-2-4-3/h2*1-4H3;3,5H,2H2,1H3;1-3H3;3H,2H2,1H3/q2*+1;;;. The molecule has 1 N–H and O–H groups in total. The van der Waals surface area contributed by atoms with Crippen LogP contribution in [-0.4, -0.2) is 121 Å². The van der Waals surface area contributed by atoms with Crippen LogP contribution in [0, 0.1) is 0 Å². The molecule has 146 valence electrons. The van der Waals surface area contributed by atoms with Crippen LogP contribution in [-0.2, 0) is 4.74 Å². The Labute approximate surface area is 152 Å². The van der Waals surface area contributed by atoms with E-state index in [0.29, 0.717) is 12.0 Å². The molecular weight excluding hydrogens is 314 g/mol. The van der Waals surface area contributed by atoms with Gasteiger partial charge in [0, 0.05) is 5.88 Å². The third-order valence-electron chi connectivity index (χ3n) is 0.723. The molecule has 0 spiro atoms. The normalized spacial score (nSPS) is 17.0. The lowest BCUT2D eigenvalue weighted by atomic mass is 10.5. The highest BCUT2D eigenvalue weighted by Crippen LogP contribution is 2.04. The van der Waals surface area contributed by atoms with Gasteiger partial charge in [-0.3, -0.25) is 0 Å². The van der Waals surface area contributed by atoms with Crippen molar-refractivity contribution in [3.8, 4) is 0 Å². The summed E-state index contributed by atoms with van der Waals surface area (Å²) in [5, 5.41) is 8.23. The Kier molecular flexibility index (Phi) is 22.8. The van der Waals surface area contributed by atoms with E-state index in [9.17, 15) is 0 Å². The highest BCUT2D eigenvalue weighted by molar-refractivity contribution is 6.18. The highest BCUT2D eigenvalue weighted by Gasteiger charge is 2.13. The maximum atomic E-state index is 8.23. The average Bonchev–Trinajstić information content (AvgIpc) is 2.95. The first kappa shape index (κ1) is 30.9. The van der Waals surface area contributed by atoms with Gasteiger partial charge in [0.15, 0.2) is 0 Å². The number of halogens is 1. The van der Waals surface area contributed by atoms with Crippen molar-refractivity contribution in [2.45, 2.75) is 26.1 Å². The van der Waals surface area contributed by atoms with E-state index in [1.165, 1.54) is 0 Å². The van der Waals surface area contributed by atoms with Crippen molar-refractivity contribution < 1.29 is 18.8 Å². The number of quaternary nitrogens is 2. The number of epoxide rings is 1. The predicted molar refractivity (Wildman–Crippen MR) is 105 cm³/mol. The number of rotatable bonds is 1. The Balaban J connectivity index is -0.0000000983. The summed E-state index contributed by atoms with van der Waals surface area (Å²) in [4.78, 5) is 2.00. The van der Waals surface area contributed by atoms with Gasteiger partial charge in [-0.05, 0) is 35.0 Å². The Morgan fingerprint density at radius 2 is 1.09 bits per heavy atom. The van der Waals surface area contributed by atoms with E-state index in [4.69, 9.17) is 21.4 Å². The van der Waals surface area contributed by atoms with Crippen LogP contribution < -0.4 is 0 Å². The van der Waals surface area contributed by atoms with Crippen molar-refractivity contribution in [3.05, 3.63) is 0 Å². The van der Waals surface area contributed by atoms with Gasteiger partial charge in [0.25, 0.3) is 0 Å². The zero-order valence-corrected chi connectivity index (χ0v) is 18.9. The van der Waals surface area contributed by atoms with Crippen LogP contribution >= 0.6 is 11.6 Å². The number of hydrogen-bond acceptors (Lipinski definition) is 3. The Hall–Kier alpha value is 0.0900. The highest BCUT2D eigenvalue weighted by atomic mass is 35.5. The zero-order chi connectivity index (χ0) is 19.9. The van der Waals surface area contributed by atoms with Crippen molar-refractivity contribution in [1.82, 2.24) is 4.90 Å². The van der Waals surface area contributed by atoms with Gasteiger partial charge in [-0.2, -0.15) is 0 Å². The Bertz CT molecular complexity index is 194. The molecule has 6 heteroatoms. The van der Waals surface area contributed by atoms with E-state index >= 15 is 0 Å². The molecule has 23 heavy (non-hydrogen) atoms. The molecule has 1 aliphatic rings. The molecule has 0 bridgehead atoms. The van der Waals surface area contributed by atoms with Gasteiger partial charge in [0.05, 0.1) is 75.2 Å². The minimum absolute atomic E-state index is 0.333. The first-order chi connectivity index (χ1) is 9.90. The minimum atomic E-state index is -0.350. The summed E-state index contributed by atoms with van der Waals surface area (Å²) in [5.41, 5.74) is 0. The first-order valence-electron chi connectivity index (χ1n) is 7.94. The number of ether oxygens (including phenoxy) is 1. The third-order valence-corrected chi connectivity index (χ3v) is 1.17. The van der Waals surface area contributed by atoms with Crippen LogP contribution in [0.2, 0.25) is 0 Å². The molecule has 2 unspecified atom stereocenters. The summed E-state index contributed by atoms with van der Waals surface area (Å²) >= 11 is 5.09. The predicted octanol–water partition coefficient (Wildman–Crippen LogP) is 1.83. The van der Waals surface area contributed by atoms with Crippen LogP contribution in [0.5, 0.6) is 0 Å². The van der Waals surface area contributed by atoms with Crippen LogP contribution in [0.1, 0.15) is 13.8 Å². The average molecular weight is 360 g/mol. The second-order valence-corrected chi connectivity index (χ2v) is 9.16. The maximum absolute atomic E-state index is 8.23. The van der Waals surface area contributed by atoms with E-state index in [1.54, 1.807) is 6.92 Å². The van der Waals surface area contributed by atoms with Gasteiger partial charge in [0.2, 0.25) is 0 Å². The molecule has 0 aromatic rings. The third kappa shape index (κ3) is 344. The SMILES string of the molecule is CC(O)CCl.CC1CO1.CN(C)C.C[N+](C)(C)C.C[N+](C)(C)C. The van der Waals surface area contributed by atoms with Gasteiger partial charge in [-0.25, -0.2) is 0 Å². The van der Waals surface area contributed by atoms with Crippen molar-refractivity contribution in [3.63, 3.8) is 0 Å². The van der Waals surface area contributed by atoms with E-state index in [0.717, 1.165) is 15.6 Å². The summed E-state index contributed by atoms with van der Waals surface area (Å²) in [5.74, 6) is 0.333. The van der Waals surface area contributed by atoms with Gasteiger partial charge >= 0.3 is 0 Å². The molecule has 0 aliphatic carbocycles. The van der Waals surface area contributed by atoms with Crippen molar-refractivity contribution in [1.29, 1.82) is 0 Å². The summed E-state index contributed by atoms with van der Waals surface area (Å²) in [6.07, 6.45) is 0.233. The van der Waals surface area contributed by atoms with Gasteiger partial charge < -0.3 is 23.7 Å². The molecular formula is C17H46ClN3O2+2. The molecule has 0 saturated carbocycles. The van der Waals surface area contributed by atoms with Crippen molar-refractivity contribution in [2.75, 3.05) is 90.0 Å². The largest absolute Gasteiger partial charge is 0.392 e. The van der Waals surface area contributed by atoms with E-state index in [1.807, 2.05) is 26.0 Å². The molecule has 1 fully saturated rings. The number of nitrogens with zero attached hydrogens (tertiary/aromatic N) is 3. The second kappa shape index (κ2) is 16.9. The van der Waals surface area contributed by atoms with Crippen LogP contribution in [0.3, 0.4) is 0 Å². The second-order valence-electron chi connectivity index (χ2n) is 8.86. The first-order valence-corrected chi connectivity index (χ1v) is 8.47. The maximum Gasteiger partial charge on any atom is 0.0781 e. The van der Waals surface area contributed by atoms with E-state index < -0.39 is 0 Å². The number of hydrogen-bond donors (Lipinski definition) is 1. The van der Waals surface area contributed by atoms with Gasteiger partial charge in [-0.1, -0.05) is 0 Å². The molecule has 0 aromatic carbocycles. The van der Waals surface area contributed by atoms with Crippen LogP contribution in [0.15, 0.2) is 0 Å². The zero-order valence-electron chi connectivity index (χ0n) is 18.1. The number of alkyl halides is 1. The summed E-state index contributed by atoms with van der Waals surface area (Å²) in [6.45, 7) is 4.69. The van der Waals surface area contributed by atoms with Crippen LogP contribution in [0.4, 0.5) is 0 Å². The summed E-state index contributed by atoms with van der Waals surface area (Å²) < 4.78 is 6.71. The monoisotopic (exact) mass is 359 g/mol. The quantitative estimate of drug-likeness (QED) is 0.441. The van der Waals surface area contributed by atoms with E-state index in [2.05, 4.69) is 63.3 Å².